The Hall–Kier alpha value is -0.340. The SMILES string of the molecule is NCCC1(c2ccccc2Br)CCC1. The first-order chi connectivity index (χ1) is 6.78. The molecule has 1 aliphatic rings. The van der Waals surface area contributed by atoms with Crippen LogP contribution < -0.4 is 5.73 Å². The highest BCUT2D eigenvalue weighted by Crippen LogP contribution is 2.48. The second kappa shape index (κ2) is 4.03. The van der Waals surface area contributed by atoms with Gasteiger partial charge in [-0.25, -0.2) is 0 Å². The topological polar surface area (TPSA) is 26.0 Å². The Morgan fingerprint density at radius 3 is 2.50 bits per heavy atom. The molecule has 1 fully saturated rings. The largest absolute Gasteiger partial charge is 0.330 e. The highest BCUT2D eigenvalue weighted by Gasteiger charge is 2.38. The Morgan fingerprint density at radius 1 is 1.29 bits per heavy atom. The van der Waals surface area contributed by atoms with Crippen molar-refractivity contribution in [1.82, 2.24) is 0 Å². The Balaban J connectivity index is 2.32. The maximum atomic E-state index is 5.70. The number of hydrogen-bond acceptors (Lipinski definition) is 1. The first-order valence-electron chi connectivity index (χ1n) is 5.24. The van der Waals surface area contributed by atoms with Gasteiger partial charge >= 0.3 is 0 Å². The zero-order valence-electron chi connectivity index (χ0n) is 8.30. The van der Waals surface area contributed by atoms with E-state index in [-0.39, 0.29) is 0 Å². The monoisotopic (exact) mass is 253 g/mol. The lowest BCUT2D eigenvalue weighted by Crippen LogP contribution is -2.36. The van der Waals surface area contributed by atoms with Crippen LogP contribution in [0.4, 0.5) is 0 Å². The fourth-order valence-corrected chi connectivity index (χ4v) is 3.13. The molecule has 0 aromatic heterocycles. The normalized spacial score (nSPS) is 19.0. The Labute approximate surface area is 93.8 Å². The zero-order valence-corrected chi connectivity index (χ0v) is 9.89. The van der Waals surface area contributed by atoms with Gasteiger partial charge in [-0.3, -0.25) is 0 Å². The van der Waals surface area contributed by atoms with Crippen molar-refractivity contribution in [2.24, 2.45) is 5.73 Å². The molecule has 0 amide bonds. The molecule has 0 spiro atoms. The Morgan fingerprint density at radius 2 is 2.00 bits per heavy atom. The molecule has 2 rings (SSSR count). The van der Waals surface area contributed by atoms with Crippen molar-refractivity contribution in [3.05, 3.63) is 34.3 Å². The van der Waals surface area contributed by atoms with Crippen LogP contribution in [-0.2, 0) is 5.41 Å². The molecule has 1 saturated carbocycles. The average Bonchev–Trinajstić information content (AvgIpc) is 2.13. The second-order valence-corrected chi connectivity index (χ2v) is 5.01. The molecular weight excluding hydrogens is 238 g/mol. The van der Waals surface area contributed by atoms with Crippen LogP contribution in [0.25, 0.3) is 0 Å². The molecule has 0 atom stereocenters. The van der Waals surface area contributed by atoms with Gasteiger partial charge in [0.05, 0.1) is 0 Å². The molecule has 76 valence electrons. The summed E-state index contributed by atoms with van der Waals surface area (Å²) in [6.07, 6.45) is 5.07. The maximum Gasteiger partial charge on any atom is 0.0212 e. The van der Waals surface area contributed by atoms with Crippen molar-refractivity contribution >= 4 is 15.9 Å². The molecule has 1 aliphatic carbocycles. The van der Waals surface area contributed by atoms with Crippen molar-refractivity contribution in [1.29, 1.82) is 0 Å². The van der Waals surface area contributed by atoms with Crippen LogP contribution in [-0.4, -0.2) is 6.54 Å². The molecular formula is C12H16BrN. The van der Waals surface area contributed by atoms with Gasteiger partial charge in [-0.15, -0.1) is 0 Å². The summed E-state index contributed by atoms with van der Waals surface area (Å²) in [6, 6.07) is 8.56. The van der Waals surface area contributed by atoms with Crippen molar-refractivity contribution in [3.8, 4) is 0 Å². The van der Waals surface area contributed by atoms with Crippen LogP contribution in [0.5, 0.6) is 0 Å². The fraction of sp³-hybridized carbons (Fsp3) is 0.500. The molecule has 14 heavy (non-hydrogen) atoms. The third-order valence-electron chi connectivity index (χ3n) is 3.38. The predicted octanol–water partition coefficient (Wildman–Crippen LogP) is 3.22. The summed E-state index contributed by atoms with van der Waals surface area (Å²) >= 11 is 3.64. The molecule has 0 aliphatic heterocycles. The minimum absolute atomic E-state index is 0.384. The summed E-state index contributed by atoms with van der Waals surface area (Å²) in [4.78, 5) is 0. The predicted molar refractivity (Wildman–Crippen MR) is 63.3 cm³/mol. The van der Waals surface area contributed by atoms with Gasteiger partial charge in [0.25, 0.3) is 0 Å². The van der Waals surface area contributed by atoms with Gasteiger partial charge in [0, 0.05) is 4.47 Å². The standard InChI is InChI=1S/C12H16BrN/c13-11-5-2-1-4-10(11)12(8-9-14)6-3-7-12/h1-2,4-5H,3,6-9,14H2. The number of rotatable bonds is 3. The van der Waals surface area contributed by atoms with Gasteiger partial charge in [-0.05, 0) is 42.9 Å². The van der Waals surface area contributed by atoms with Crippen LogP contribution >= 0.6 is 15.9 Å². The summed E-state index contributed by atoms with van der Waals surface area (Å²) in [5, 5.41) is 0. The molecule has 1 nitrogen and oxygen atoms in total. The van der Waals surface area contributed by atoms with Gasteiger partial charge in [0.15, 0.2) is 0 Å². The van der Waals surface area contributed by atoms with E-state index >= 15 is 0 Å². The van der Waals surface area contributed by atoms with E-state index < -0.39 is 0 Å². The van der Waals surface area contributed by atoms with E-state index in [2.05, 4.69) is 40.2 Å². The van der Waals surface area contributed by atoms with Crippen molar-refractivity contribution in [2.45, 2.75) is 31.1 Å². The first-order valence-corrected chi connectivity index (χ1v) is 6.03. The molecule has 2 N–H and O–H groups in total. The Kier molecular flexibility index (Phi) is 2.93. The van der Waals surface area contributed by atoms with Crippen molar-refractivity contribution in [3.63, 3.8) is 0 Å². The van der Waals surface area contributed by atoms with Crippen LogP contribution in [0.3, 0.4) is 0 Å². The summed E-state index contributed by atoms with van der Waals surface area (Å²) in [5.41, 5.74) is 7.54. The van der Waals surface area contributed by atoms with E-state index in [0.29, 0.717) is 5.41 Å². The lowest BCUT2D eigenvalue weighted by atomic mass is 9.62. The minimum atomic E-state index is 0.384. The number of benzene rings is 1. The van der Waals surface area contributed by atoms with Crippen LogP contribution in [0, 0.1) is 0 Å². The fourth-order valence-electron chi connectivity index (χ4n) is 2.43. The lowest BCUT2D eigenvalue weighted by Gasteiger charge is -2.43. The molecule has 1 aromatic rings. The van der Waals surface area contributed by atoms with Crippen molar-refractivity contribution < 1.29 is 0 Å². The highest BCUT2D eigenvalue weighted by molar-refractivity contribution is 9.10. The van der Waals surface area contributed by atoms with E-state index in [9.17, 15) is 0 Å². The highest BCUT2D eigenvalue weighted by atomic mass is 79.9. The van der Waals surface area contributed by atoms with Crippen LogP contribution in [0.2, 0.25) is 0 Å². The summed E-state index contributed by atoms with van der Waals surface area (Å²) in [6.45, 7) is 0.793. The van der Waals surface area contributed by atoms with E-state index in [0.717, 1.165) is 13.0 Å². The summed E-state index contributed by atoms with van der Waals surface area (Å²) in [5.74, 6) is 0. The zero-order chi connectivity index (χ0) is 10.0. The molecule has 2 heteroatoms. The molecule has 0 heterocycles. The van der Waals surface area contributed by atoms with E-state index in [1.807, 2.05) is 0 Å². The molecule has 1 aromatic carbocycles. The molecule has 0 unspecified atom stereocenters. The van der Waals surface area contributed by atoms with Crippen LogP contribution in [0.1, 0.15) is 31.2 Å². The minimum Gasteiger partial charge on any atom is -0.330 e. The third-order valence-corrected chi connectivity index (χ3v) is 4.07. The summed E-state index contributed by atoms with van der Waals surface area (Å²) < 4.78 is 1.24. The third kappa shape index (κ3) is 1.61. The number of hydrogen-bond donors (Lipinski definition) is 1. The van der Waals surface area contributed by atoms with E-state index in [4.69, 9.17) is 5.73 Å². The van der Waals surface area contributed by atoms with Gasteiger partial charge in [0.2, 0.25) is 0 Å². The van der Waals surface area contributed by atoms with E-state index in [1.54, 1.807) is 0 Å². The smallest absolute Gasteiger partial charge is 0.0212 e. The number of halogens is 1. The van der Waals surface area contributed by atoms with E-state index in [1.165, 1.54) is 29.3 Å². The van der Waals surface area contributed by atoms with Gasteiger partial charge in [-0.2, -0.15) is 0 Å². The average molecular weight is 254 g/mol. The molecule has 0 bridgehead atoms. The van der Waals surface area contributed by atoms with Gasteiger partial charge in [0.1, 0.15) is 0 Å². The molecule has 0 radical (unpaired) electrons. The lowest BCUT2D eigenvalue weighted by molar-refractivity contribution is 0.228. The summed E-state index contributed by atoms with van der Waals surface area (Å²) in [7, 11) is 0. The molecule has 0 saturated heterocycles. The quantitative estimate of drug-likeness (QED) is 0.880. The van der Waals surface area contributed by atoms with Crippen LogP contribution in [0.15, 0.2) is 28.7 Å². The van der Waals surface area contributed by atoms with Gasteiger partial charge < -0.3 is 5.73 Å². The van der Waals surface area contributed by atoms with Crippen molar-refractivity contribution in [2.75, 3.05) is 6.54 Å². The Bertz CT molecular complexity index is 318. The second-order valence-electron chi connectivity index (χ2n) is 4.15. The first kappa shape index (κ1) is 10.2. The number of nitrogens with two attached hydrogens (primary N) is 1. The van der Waals surface area contributed by atoms with Gasteiger partial charge in [-0.1, -0.05) is 40.5 Å². The maximum absolute atomic E-state index is 5.70.